The zero-order valence-corrected chi connectivity index (χ0v) is 18.5. The lowest BCUT2D eigenvalue weighted by Gasteiger charge is -2.25. The summed E-state index contributed by atoms with van der Waals surface area (Å²) in [5.74, 6) is 0.308. The van der Waals surface area contributed by atoms with Crippen LogP contribution >= 0.6 is 0 Å². The molecule has 1 aromatic carbocycles. The van der Waals surface area contributed by atoms with Gasteiger partial charge in [-0.05, 0) is 31.7 Å². The van der Waals surface area contributed by atoms with E-state index in [0.717, 1.165) is 30.2 Å². The number of rotatable bonds is 4. The number of hydrogen-bond acceptors (Lipinski definition) is 6. The summed E-state index contributed by atoms with van der Waals surface area (Å²) in [6, 6.07) is 8.02. The molecule has 0 amide bonds. The number of aryl methyl sites for hydroxylation is 1. The van der Waals surface area contributed by atoms with Crippen molar-refractivity contribution in [3.63, 3.8) is 0 Å². The smallest absolute Gasteiger partial charge is 0.420 e. The van der Waals surface area contributed by atoms with Gasteiger partial charge in [-0.2, -0.15) is 17.7 Å². The van der Waals surface area contributed by atoms with E-state index < -0.39 is 17.4 Å². The minimum atomic E-state index is -4.73. The summed E-state index contributed by atoms with van der Waals surface area (Å²) < 4.78 is 53.7. The SMILES string of the molecule is CO[C@@H]1CCCC(c2nnc(-c3c(C)nc4c(-c5ccccc5)c(C(F)(F)F)[nH]n4c3=O)o2)C1. The molecule has 178 valence electrons. The minimum absolute atomic E-state index is 0.00768. The molecule has 5 rings (SSSR count). The number of fused-ring (bicyclic) bond motifs is 1. The molecule has 0 bridgehead atoms. The van der Waals surface area contributed by atoms with Gasteiger partial charge < -0.3 is 9.15 Å². The van der Waals surface area contributed by atoms with Crippen molar-refractivity contribution in [2.75, 3.05) is 7.11 Å². The number of benzene rings is 1. The highest BCUT2D eigenvalue weighted by atomic mass is 19.4. The molecule has 8 nitrogen and oxygen atoms in total. The summed E-state index contributed by atoms with van der Waals surface area (Å²) >= 11 is 0. The molecule has 1 aliphatic rings. The number of nitrogens with one attached hydrogen (secondary N) is 1. The lowest BCUT2D eigenvalue weighted by atomic mass is 9.87. The molecule has 2 atom stereocenters. The van der Waals surface area contributed by atoms with Crippen LogP contribution in [0.4, 0.5) is 13.2 Å². The van der Waals surface area contributed by atoms with Crippen LogP contribution in [0.3, 0.4) is 0 Å². The largest absolute Gasteiger partial charge is 0.433 e. The van der Waals surface area contributed by atoms with Gasteiger partial charge in [0, 0.05) is 13.0 Å². The maximum Gasteiger partial charge on any atom is 0.433 e. The van der Waals surface area contributed by atoms with E-state index >= 15 is 0 Å². The van der Waals surface area contributed by atoms with E-state index in [9.17, 15) is 18.0 Å². The molecule has 0 spiro atoms. The summed E-state index contributed by atoms with van der Waals surface area (Å²) in [7, 11) is 1.66. The Hall–Kier alpha value is -3.47. The summed E-state index contributed by atoms with van der Waals surface area (Å²) in [4.78, 5) is 17.7. The molecule has 3 aromatic heterocycles. The van der Waals surface area contributed by atoms with Crippen molar-refractivity contribution >= 4 is 5.65 Å². The Morgan fingerprint density at radius 1 is 1.15 bits per heavy atom. The van der Waals surface area contributed by atoms with Crippen LogP contribution < -0.4 is 5.56 Å². The zero-order valence-electron chi connectivity index (χ0n) is 18.5. The second-order valence-electron chi connectivity index (χ2n) is 8.43. The lowest BCUT2D eigenvalue weighted by molar-refractivity contribution is -0.140. The predicted molar refractivity (Wildman–Crippen MR) is 116 cm³/mol. The molecule has 1 N–H and O–H groups in total. The monoisotopic (exact) mass is 473 g/mol. The van der Waals surface area contributed by atoms with Crippen LogP contribution in [0.2, 0.25) is 0 Å². The van der Waals surface area contributed by atoms with Crippen molar-refractivity contribution in [1.82, 2.24) is 24.8 Å². The molecule has 3 heterocycles. The van der Waals surface area contributed by atoms with Gasteiger partial charge in [0.25, 0.3) is 11.4 Å². The van der Waals surface area contributed by atoms with E-state index in [2.05, 4.69) is 20.3 Å². The molecule has 0 aliphatic heterocycles. The van der Waals surface area contributed by atoms with Crippen LogP contribution in [-0.2, 0) is 10.9 Å². The van der Waals surface area contributed by atoms with Crippen molar-refractivity contribution in [1.29, 1.82) is 0 Å². The van der Waals surface area contributed by atoms with Gasteiger partial charge in [-0.1, -0.05) is 36.8 Å². The quantitative estimate of drug-likeness (QED) is 0.460. The third kappa shape index (κ3) is 3.79. The van der Waals surface area contributed by atoms with Crippen LogP contribution in [0, 0.1) is 6.92 Å². The highest BCUT2D eigenvalue weighted by Crippen LogP contribution is 2.39. The molecule has 1 saturated carbocycles. The van der Waals surface area contributed by atoms with Gasteiger partial charge in [0.05, 0.1) is 17.4 Å². The Morgan fingerprint density at radius 3 is 2.62 bits per heavy atom. The Bertz CT molecular complexity index is 1390. The topological polar surface area (TPSA) is 98.3 Å². The lowest BCUT2D eigenvalue weighted by Crippen LogP contribution is -2.20. The fourth-order valence-corrected chi connectivity index (χ4v) is 4.59. The molecule has 0 saturated heterocycles. The first-order chi connectivity index (χ1) is 16.3. The van der Waals surface area contributed by atoms with Crippen LogP contribution in [0.15, 0.2) is 39.5 Å². The second kappa shape index (κ2) is 8.39. The Kier molecular flexibility index (Phi) is 5.51. The third-order valence-electron chi connectivity index (χ3n) is 6.27. The van der Waals surface area contributed by atoms with Gasteiger partial charge in [-0.25, -0.2) is 4.98 Å². The number of hydrogen-bond donors (Lipinski definition) is 1. The summed E-state index contributed by atoms with van der Waals surface area (Å²) in [5.41, 5.74) is -1.67. The van der Waals surface area contributed by atoms with Crippen LogP contribution in [0.25, 0.3) is 28.2 Å². The van der Waals surface area contributed by atoms with Gasteiger partial charge >= 0.3 is 6.18 Å². The number of nitrogens with zero attached hydrogens (tertiary/aromatic N) is 4. The summed E-state index contributed by atoms with van der Waals surface area (Å²) in [6.45, 7) is 1.54. The molecule has 1 fully saturated rings. The molecular formula is C23H22F3N5O3. The minimum Gasteiger partial charge on any atom is -0.420 e. The van der Waals surface area contributed by atoms with E-state index in [-0.39, 0.29) is 45.9 Å². The molecule has 1 unspecified atom stereocenters. The number of ether oxygens (including phenoxy) is 1. The standard InChI is InChI=1S/C23H22F3N5O3/c1-12-16(21-29-28-20(34-21)14-9-6-10-15(11-14)33-2)22(32)31-19(27-12)17(13-7-4-3-5-8-13)18(30-31)23(24,25)26/h3-5,7-8,14-15,30H,6,9-11H2,1-2H3/t14?,15-/m1/s1. The van der Waals surface area contributed by atoms with Crippen molar-refractivity contribution in [3.8, 4) is 22.6 Å². The molecule has 4 aromatic rings. The van der Waals surface area contributed by atoms with Gasteiger partial charge in [0.2, 0.25) is 5.89 Å². The number of alkyl halides is 3. The predicted octanol–water partition coefficient (Wildman–Crippen LogP) is 4.74. The number of halogens is 3. The summed E-state index contributed by atoms with van der Waals surface area (Å²) in [5, 5.41) is 10.4. The van der Waals surface area contributed by atoms with Crippen LogP contribution in [-0.4, -0.2) is 38.0 Å². The van der Waals surface area contributed by atoms with Crippen molar-refractivity contribution in [3.05, 3.63) is 58.0 Å². The number of methoxy groups -OCH3 is 1. The molecular weight excluding hydrogens is 451 g/mol. The first-order valence-corrected chi connectivity index (χ1v) is 10.9. The van der Waals surface area contributed by atoms with Crippen LogP contribution in [0.1, 0.15) is 48.9 Å². The maximum atomic E-state index is 13.9. The fourth-order valence-electron chi connectivity index (χ4n) is 4.59. The van der Waals surface area contributed by atoms with E-state index in [1.54, 1.807) is 25.3 Å². The Balaban J connectivity index is 1.64. The fraction of sp³-hybridized carbons (Fsp3) is 0.391. The van der Waals surface area contributed by atoms with E-state index in [1.165, 1.54) is 19.1 Å². The number of aromatic nitrogens is 5. The van der Waals surface area contributed by atoms with E-state index in [1.807, 2.05) is 0 Å². The van der Waals surface area contributed by atoms with Crippen LogP contribution in [0.5, 0.6) is 0 Å². The normalized spacial score (nSPS) is 19.1. The summed E-state index contributed by atoms with van der Waals surface area (Å²) in [6.07, 6.45) is -1.16. The number of aromatic amines is 1. The van der Waals surface area contributed by atoms with E-state index in [0.29, 0.717) is 5.89 Å². The first-order valence-electron chi connectivity index (χ1n) is 10.9. The Labute approximate surface area is 191 Å². The van der Waals surface area contributed by atoms with Crippen molar-refractivity contribution in [2.45, 2.75) is 50.8 Å². The van der Waals surface area contributed by atoms with Gasteiger partial charge in [0.15, 0.2) is 5.65 Å². The zero-order chi connectivity index (χ0) is 24.0. The molecule has 0 radical (unpaired) electrons. The highest BCUT2D eigenvalue weighted by molar-refractivity contribution is 5.81. The van der Waals surface area contributed by atoms with E-state index in [4.69, 9.17) is 9.15 Å². The second-order valence-corrected chi connectivity index (χ2v) is 8.43. The Morgan fingerprint density at radius 2 is 1.91 bits per heavy atom. The molecule has 34 heavy (non-hydrogen) atoms. The average molecular weight is 473 g/mol. The maximum absolute atomic E-state index is 13.9. The molecule has 1 aliphatic carbocycles. The molecule has 11 heteroatoms. The average Bonchev–Trinajstić information content (AvgIpc) is 3.45. The van der Waals surface area contributed by atoms with Gasteiger partial charge in [-0.3, -0.25) is 9.89 Å². The number of H-pyrrole nitrogens is 1. The van der Waals surface area contributed by atoms with Gasteiger partial charge in [-0.15, -0.1) is 10.2 Å². The first kappa shape index (κ1) is 22.3. The van der Waals surface area contributed by atoms with Crippen molar-refractivity contribution in [2.24, 2.45) is 0 Å². The van der Waals surface area contributed by atoms with Gasteiger partial charge in [0.1, 0.15) is 11.3 Å². The third-order valence-corrected chi connectivity index (χ3v) is 6.27. The van der Waals surface area contributed by atoms with Crippen molar-refractivity contribution < 1.29 is 22.3 Å². The highest BCUT2D eigenvalue weighted by Gasteiger charge is 2.38.